The zero-order valence-electron chi connectivity index (χ0n) is 7.69. The molecule has 4 nitrogen and oxygen atoms in total. The average Bonchev–Trinajstić information content (AvgIpc) is 2.35. The highest BCUT2D eigenvalue weighted by molar-refractivity contribution is 5.76. The number of aliphatic hydroxyl groups is 1. The molecule has 0 aliphatic heterocycles. The van der Waals surface area contributed by atoms with Crippen LogP contribution in [0.3, 0.4) is 0 Å². The minimum atomic E-state index is -1.69. The first kappa shape index (κ1) is 9.80. The summed E-state index contributed by atoms with van der Waals surface area (Å²) in [6.07, 6.45) is 1.93. The lowest BCUT2D eigenvalue weighted by atomic mass is 10.0. The van der Waals surface area contributed by atoms with Crippen molar-refractivity contribution in [3.05, 3.63) is 24.0 Å². The number of carbonyl (C=O) groups is 1. The molecule has 2 N–H and O–H groups in total. The van der Waals surface area contributed by atoms with E-state index in [2.05, 4.69) is 0 Å². The first-order valence-electron chi connectivity index (χ1n) is 3.99. The van der Waals surface area contributed by atoms with Crippen LogP contribution in [0.4, 0.5) is 0 Å². The fourth-order valence-corrected chi connectivity index (χ4v) is 1.11. The molecule has 0 bridgehead atoms. The van der Waals surface area contributed by atoms with Crippen LogP contribution in [-0.2, 0) is 18.3 Å². The van der Waals surface area contributed by atoms with Crippen molar-refractivity contribution in [1.29, 1.82) is 0 Å². The maximum absolute atomic E-state index is 10.6. The van der Waals surface area contributed by atoms with E-state index in [0.717, 1.165) is 5.69 Å². The van der Waals surface area contributed by atoms with Crippen molar-refractivity contribution < 1.29 is 15.0 Å². The standard InChI is InChI=1S/C9H13NO3/c1-9(13,8(11)12)6-7-4-3-5-10(7)2/h3-5,13H,6H2,1-2H3,(H,11,12). The number of nitrogens with zero attached hydrogens (tertiary/aromatic N) is 1. The molecule has 13 heavy (non-hydrogen) atoms. The minimum absolute atomic E-state index is 0.117. The molecule has 1 atom stereocenters. The van der Waals surface area contributed by atoms with Gasteiger partial charge in [-0.1, -0.05) is 0 Å². The molecule has 0 amide bonds. The lowest BCUT2D eigenvalue weighted by Gasteiger charge is -2.17. The molecule has 0 aromatic carbocycles. The Labute approximate surface area is 76.4 Å². The highest BCUT2D eigenvalue weighted by Gasteiger charge is 2.30. The Bertz CT molecular complexity index is 314. The predicted octanol–water partition coefficient (Wildman–Crippen LogP) is 0.403. The SMILES string of the molecule is Cn1cccc1CC(C)(O)C(=O)O. The Balaban J connectivity index is 2.80. The van der Waals surface area contributed by atoms with Crippen molar-refractivity contribution in [2.75, 3.05) is 0 Å². The molecule has 0 aliphatic carbocycles. The van der Waals surface area contributed by atoms with Crippen LogP contribution in [0.25, 0.3) is 0 Å². The summed E-state index contributed by atoms with van der Waals surface area (Å²) in [6.45, 7) is 1.29. The van der Waals surface area contributed by atoms with Crippen LogP contribution in [0.2, 0.25) is 0 Å². The topological polar surface area (TPSA) is 62.5 Å². The normalized spacial score (nSPS) is 15.3. The van der Waals surface area contributed by atoms with Crippen LogP contribution < -0.4 is 0 Å². The van der Waals surface area contributed by atoms with Crippen molar-refractivity contribution >= 4 is 5.97 Å². The van der Waals surface area contributed by atoms with E-state index in [1.165, 1.54) is 6.92 Å². The Kier molecular flexibility index (Phi) is 2.43. The molecule has 0 saturated carbocycles. The molecule has 0 saturated heterocycles. The largest absolute Gasteiger partial charge is 0.479 e. The number of hydrogen-bond acceptors (Lipinski definition) is 2. The van der Waals surface area contributed by atoms with E-state index in [1.807, 2.05) is 19.3 Å². The second kappa shape index (κ2) is 3.22. The van der Waals surface area contributed by atoms with Crippen molar-refractivity contribution in [2.45, 2.75) is 18.9 Å². The molecule has 1 unspecified atom stereocenters. The van der Waals surface area contributed by atoms with Gasteiger partial charge in [-0.05, 0) is 19.1 Å². The van der Waals surface area contributed by atoms with Crippen molar-refractivity contribution in [3.8, 4) is 0 Å². The summed E-state index contributed by atoms with van der Waals surface area (Å²) in [6, 6.07) is 3.60. The van der Waals surface area contributed by atoms with Gasteiger partial charge in [-0.2, -0.15) is 0 Å². The van der Waals surface area contributed by atoms with Crippen LogP contribution in [0.15, 0.2) is 18.3 Å². The van der Waals surface area contributed by atoms with E-state index in [9.17, 15) is 9.90 Å². The predicted molar refractivity (Wildman–Crippen MR) is 47.4 cm³/mol. The Hall–Kier alpha value is -1.29. The van der Waals surface area contributed by atoms with Gasteiger partial charge in [0.25, 0.3) is 0 Å². The van der Waals surface area contributed by atoms with E-state index < -0.39 is 11.6 Å². The molecular formula is C9H13NO3. The van der Waals surface area contributed by atoms with Crippen molar-refractivity contribution in [1.82, 2.24) is 4.57 Å². The third-order valence-electron chi connectivity index (χ3n) is 2.04. The number of hydrogen-bond donors (Lipinski definition) is 2. The van der Waals surface area contributed by atoms with Crippen LogP contribution in [0, 0.1) is 0 Å². The third kappa shape index (κ3) is 2.09. The van der Waals surface area contributed by atoms with Gasteiger partial charge in [-0.25, -0.2) is 4.79 Å². The van der Waals surface area contributed by atoms with Gasteiger partial charge in [-0.3, -0.25) is 0 Å². The summed E-state index contributed by atoms with van der Waals surface area (Å²) < 4.78 is 1.79. The lowest BCUT2D eigenvalue weighted by Crippen LogP contribution is -2.37. The molecule has 4 heteroatoms. The zero-order valence-corrected chi connectivity index (χ0v) is 7.69. The van der Waals surface area contributed by atoms with E-state index in [0.29, 0.717) is 0 Å². The fraction of sp³-hybridized carbons (Fsp3) is 0.444. The van der Waals surface area contributed by atoms with E-state index >= 15 is 0 Å². The highest BCUT2D eigenvalue weighted by atomic mass is 16.4. The summed E-state index contributed by atoms with van der Waals surface area (Å²) in [5, 5.41) is 18.1. The van der Waals surface area contributed by atoms with Crippen molar-refractivity contribution in [3.63, 3.8) is 0 Å². The number of aliphatic carboxylic acids is 1. The summed E-state index contributed by atoms with van der Waals surface area (Å²) in [5.74, 6) is -1.20. The number of carboxylic acids is 1. The summed E-state index contributed by atoms with van der Waals surface area (Å²) in [7, 11) is 1.81. The number of rotatable bonds is 3. The van der Waals surface area contributed by atoms with Crippen LogP contribution in [-0.4, -0.2) is 26.4 Å². The van der Waals surface area contributed by atoms with Gasteiger partial charge in [0, 0.05) is 25.4 Å². The molecule has 1 aromatic rings. The molecule has 0 radical (unpaired) electrons. The lowest BCUT2D eigenvalue weighted by molar-refractivity contribution is -0.156. The van der Waals surface area contributed by atoms with Gasteiger partial charge in [0.05, 0.1) is 0 Å². The Morgan fingerprint density at radius 3 is 2.69 bits per heavy atom. The molecule has 0 fully saturated rings. The fourth-order valence-electron chi connectivity index (χ4n) is 1.11. The van der Waals surface area contributed by atoms with Crippen LogP contribution in [0.1, 0.15) is 12.6 Å². The van der Waals surface area contributed by atoms with Crippen LogP contribution >= 0.6 is 0 Å². The Morgan fingerprint density at radius 2 is 2.31 bits per heavy atom. The first-order chi connectivity index (χ1) is 5.93. The molecule has 0 spiro atoms. The maximum Gasteiger partial charge on any atom is 0.335 e. The highest BCUT2D eigenvalue weighted by Crippen LogP contribution is 2.13. The zero-order chi connectivity index (χ0) is 10.1. The quantitative estimate of drug-likeness (QED) is 0.713. The molecule has 1 heterocycles. The third-order valence-corrected chi connectivity index (χ3v) is 2.04. The summed E-state index contributed by atoms with van der Waals surface area (Å²) in [5.41, 5.74) is -0.890. The van der Waals surface area contributed by atoms with Gasteiger partial charge < -0.3 is 14.8 Å². The second-order valence-corrected chi connectivity index (χ2v) is 3.37. The summed E-state index contributed by atoms with van der Waals surface area (Å²) in [4.78, 5) is 10.6. The van der Waals surface area contributed by atoms with E-state index in [4.69, 9.17) is 5.11 Å². The molecule has 1 rings (SSSR count). The summed E-state index contributed by atoms with van der Waals surface area (Å²) >= 11 is 0. The van der Waals surface area contributed by atoms with Gasteiger partial charge in [0.2, 0.25) is 0 Å². The minimum Gasteiger partial charge on any atom is -0.479 e. The van der Waals surface area contributed by atoms with Crippen LogP contribution in [0.5, 0.6) is 0 Å². The van der Waals surface area contributed by atoms with Crippen molar-refractivity contribution in [2.24, 2.45) is 7.05 Å². The second-order valence-electron chi connectivity index (χ2n) is 3.37. The maximum atomic E-state index is 10.6. The molecule has 0 aliphatic rings. The monoisotopic (exact) mass is 183 g/mol. The average molecular weight is 183 g/mol. The van der Waals surface area contributed by atoms with Gasteiger partial charge in [0.15, 0.2) is 5.60 Å². The van der Waals surface area contributed by atoms with E-state index in [-0.39, 0.29) is 6.42 Å². The number of aryl methyl sites for hydroxylation is 1. The molecular weight excluding hydrogens is 170 g/mol. The van der Waals surface area contributed by atoms with E-state index in [1.54, 1.807) is 10.6 Å². The van der Waals surface area contributed by atoms with Gasteiger partial charge in [0.1, 0.15) is 0 Å². The molecule has 1 aromatic heterocycles. The van der Waals surface area contributed by atoms with Gasteiger partial charge >= 0.3 is 5.97 Å². The molecule has 72 valence electrons. The Morgan fingerprint density at radius 1 is 1.69 bits per heavy atom. The smallest absolute Gasteiger partial charge is 0.335 e. The van der Waals surface area contributed by atoms with Gasteiger partial charge in [-0.15, -0.1) is 0 Å². The number of aromatic nitrogens is 1. The number of carboxylic acid groups (broad SMARTS) is 1. The first-order valence-corrected chi connectivity index (χ1v) is 3.99.